The quantitative estimate of drug-likeness (QED) is 0.297. The van der Waals surface area contributed by atoms with Crippen molar-refractivity contribution < 1.29 is 19.0 Å². The molecule has 33 heavy (non-hydrogen) atoms. The van der Waals surface area contributed by atoms with Crippen molar-refractivity contribution in [1.29, 1.82) is 0 Å². The summed E-state index contributed by atoms with van der Waals surface area (Å²) in [6.07, 6.45) is 7.88. The Morgan fingerprint density at radius 2 is 1.55 bits per heavy atom. The van der Waals surface area contributed by atoms with Crippen LogP contribution in [-0.4, -0.2) is 38.3 Å². The van der Waals surface area contributed by atoms with E-state index >= 15 is 0 Å². The van der Waals surface area contributed by atoms with Gasteiger partial charge in [-0.1, -0.05) is 58.1 Å². The van der Waals surface area contributed by atoms with Gasteiger partial charge in [0.25, 0.3) is 0 Å². The molecular weight excluding hydrogens is 416 g/mol. The van der Waals surface area contributed by atoms with Crippen molar-refractivity contribution in [1.82, 2.24) is 4.90 Å². The van der Waals surface area contributed by atoms with E-state index in [0.29, 0.717) is 30.3 Å². The number of amides is 2. The molecule has 0 aliphatic rings. The summed E-state index contributed by atoms with van der Waals surface area (Å²) in [6.45, 7) is 6.31. The largest absolute Gasteiger partial charge is 0.497 e. The highest BCUT2D eigenvalue weighted by Crippen LogP contribution is 2.29. The summed E-state index contributed by atoms with van der Waals surface area (Å²) >= 11 is 0. The van der Waals surface area contributed by atoms with Crippen molar-refractivity contribution in [2.75, 3.05) is 32.7 Å². The minimum Gasteiger partial charge on any atom is -0.497 e. The molecule has 0 atom stereocenters. The van der Waals surface area contributed by atoms with E-state index in [1.165, 1.54) is 19.3 Å². The number of nitrogens with zero attached hydrogens (tertiary/aromatic N) is 1. The van der Waals surface area contributed by atoms with Crippen LogP contribution in [0.15, 0.2) is 42.5 Å². The van der Waals surface area contributed by atoms with E-state index in [2.05, 4.69) is 19.2 Å². The van der Waals surface area contributed by atoms with Gasteiger partial charge in [0.05, 0.1) is 26.5 Å². The highest BCUT2D eigenvalue weighted by atomic mass is 16.5. The monoisotopic (exact) mass is 456 g/mol. The minimum absolute atomic E-state index is 0.141. The van der Waals surface area contributed by atoms with E-state index in [9.17, 15) is 4.79 Å². The molecule has 2 aromatic carbocycles. The third kappa shape index (κ3) is 9.24. The summed E-state index contributed by atoms with van der Waals surface area (Å²) in [4.78, 5) is 15.1. The Hall–Kier alpha value is -2.89. The third-order valence-corrected chi connectivity index (χ3v) is 5.53. The fraction of sp³-hybridized carbons (Fsp3) is 0.519. The summed E-state index contributed by atoms with van der Waals surface area (Å²) in [5.74, 6) is 2.11. The van der Waals surface area contributed by atoms with E-state index in [4.69, 9.17) is 14.2 Å². The lowest BCUT2D eigenvalue weighted by Crippen LogP contribution is -2.35. The lowest BCUT2D eigenvalue weighted by molar-refractivity contribution is 0.207. The predicted octanol–water partition coefficient (Wildman–Crippen LogP) is 6.89. The van der Waals surface area contributed by atoms with Crippen LogP contribution in [0.2, 0.25) is 0 Å². The summed E-state index contributed by atoms with van der Waals surface area (Å²) in [6, 6.07) is 13.3. The summed E-state index contributed by atoms with van der Waals surface area (Å²) in [7, 11) is 3.19. The maximum absolute atomic E-state index is 13.2. The molecule has 0 fully saturated rings. The molecule has 0 unspecified atom stereocenters. The van der Waals surface area contributed by atoms with Gasteiger partial charge in [-0.25, -0.2) is 4.79 Å². The highest BCUT2D eigenvalue weighted by Gasteiger charge is 2.16. The molecule has 0 aliphatic carbocycles. The van der Waals surface area contributed by atoms with Crippen LogP contribution in [0.25, 0.3) is 0 Å². The van der Waals surface area contributed by atoms with Gasteiger partial charge in [0.15, 0.2) is 0 Å². The molecule has 0 heterocycles. The molecule has 1 N–H and O–H groups in total. The zero-order valence-corrected chi connectivity index (χ0v) is 20.7. The number of hydrogen-bond donors (Lipinski definition) is 1. The molecule has 0 bridgehead atoms. The second kappa shape index (κ2) is 15.0. The van der Waals surface area contributed by atoms with Crippen LogP contribution >= 0.6 is 0 Å². The first kappa shape index (κ1) is 26.4. The lowest BCUT2D eigenvalue weighted by Gasteiger charge is -2.24. The van der Waals surface area contributed by atoms with Crippen LogP contribution in [0.3, 0.4) is 0 Å². The van der Waals surface area contributed by atoms with Gasteiger partial charge in [-0.3, -0.25) is 0 Å². The Morgan fingerprint density at radius 1 is 0.848 bits per heavy atom. The average Bonchev–Trinajstić information content (AvgIpc) is 2.84. The second-order valence-corrected chi connectivity index (χ2v) is 8.18. The Morgan fingerprint density at radius 3 is 2.21 bits per heavy atom. The van der Waals surface area contributed by atoms with E-state index in [0.717, 1.165) is 43.6 Å². The Kier molecular flexibility index (Phi) is 12.0. The molecule has 6 nitrogen and oxygen atoms in total. The van der Waals surface area contributed by atoms with Crippen LogP contribution in [0, 0.1) is 0 Å². The maximum Gasteiger partial charge on any atom is 0.322 e. The van der Waals surface area contributed by atoms with Crippen molar-refractivity contribution in [3.8, 4) is 17.2 Å². The number of benzene rings is 2. The molecular formula is C27H40N2O4. The fourth-order valence-corrected chi connectivity index (χ4v) is 3.50. The van der Waals surface area contributed by atoms with Crippen molar-refractivity contribution in [3.63, 3.8) is 0 Å². The van der Waals surface area contributed by atoms with Gasteiger partial charge >= 0.3 is 6.03 Å². The van der Waals surface area contributed by atoms with Gasteiger partial charge in [-0.2, -0.15) is 0 Å². The van der Waals surface area contributed by atoms with Crippen LogP contribution in [0.1, 0.15) is 64.4 Å². The number of urea groups is 1. The first-order chi connectivity index (χ1) is 16.1. The molecule has 2 rings (SSSR count). The van der Waals surface area contributed by atoms with Gasteiger partial charge in [-0.05, 0) is 42.7 Å². The SMILES string of the molecule is CCCCCCCN(Cc1ccc(OCCCC)cc1)C(=O)Nc1ccc(OC)cc1OC. The molecule has 0 spiro atoms. The van der Waals surface area contributed by atoms with Crippen molar-refractivity contribution in [2.24, 2.45) is 0 Å². The fourth-order valence-electron chi connectivity index (χ4n) is 3.50. The van der Waals surface area contributed by atoms with Crippen LogP contribution < -0.4 is 19.5 Å². The first-order valence-electron chi connectivity index (χ1n) is 12.1. The Labute approximate surface area is 199 Å². The van der Waals surface area contributed by atoms with Gasteiger partial charge in [-0.15, -0.1) is 0 Å². The van der Waals surface area contributed by atoms with Gasteiger partial charge in [0, 0.05) is 19.2 Å². The molecule has 0 saturated heterocycles. The maximum atomic E-state index is 13.2. The number of anilines is 1. The smallest absolute Gasteiger partial charge is 0.322 e. The van der Waals surface area contributed by atoms with Crippen LogP contribution in [0.4, 0.5) is 10.5 Å². The van der Waals surface area contributed by atoms with Gasteiger partial charge in [0.2, 0.25) is 0 Å². The normalized spacial score (nSPS) is 10.5. The second-order valence-electron chi connectivity index (χ2n) is 8.18. The third-order valence-electron chi connectivity index (χ3n) is 5.53. The summed E-state index contributed by atoms with van der Waals surface area (Å²) in [5, 5.41) is 3.01. The number of nitrogens with one attached hydrogen (secondary N) is 1. The lowest BCUT2D eigenvalue weighted by atomic mass is 10.1. The van der Waals surface area contributed by atoms with Crippen LogP contribution in [0.5, 0.6) is 17.2 Å². The average molecular weight is 457 g/mol. The number of methoxy groups -OCH3 is 2. The number of ether oxygens (including phenoxy) is 3. The molecule has 0 aliphatic heterocycles. The van der Waals surface area contributed by atoms with Crippen LogP contribution in [-0.2, 0) is 6.54 Å². The molecule has 182 valence electrons. The zero-order valence-electron chi connectivity index (χ0n) is 20.7. The standard InChI is InChI=1S/C27H40N2O4/c1-5-7-9-10-11-18-29(21-22-12-14-23(15-13-22)33-19-8-6-2)27(30)28-25-17-16-24(31-3)20-26(25)32-4/h12-17,20H,5-11,18-19,21H2,1-4H3,(H,28,30). The predicted molar refractivity (Wildman–Crippen MR) is 135 cm³/mol. The summed E-state index contributed by atoms with van der Waals surface area (Å²) < 4.78 is 16.5. The Bertz CT molecular complexity index is 823. The molecule has 0 aromatic heterocycles. The highest BCUT2D eigenvalue weighted by molar-refractivity contribution is 5.91. The number of unbranched alkanes of at least 4 members (excludes halogenated alkanes) is 5. The number of carbonyl (C=O) groups is 1. The molecule has 2 amide bonds. The van der Waals surface area contributed by atoms with E-state index in [-0.39, 0.29) is 6.03 Å². The topological polar surface area (TPSA) is 60.0 Å². The van der Waals surface area contributed by atoms with E-state index in [1.807, 2.05) is 35.2 Å². The Balaban J connectivity index is 2.06. The van der Waals surface area contributed by atoms with Crippen molar-refractivity contribution in [2.45, 2.75) is 65.3 Å². The van der Waals surface area contributed by atoms with Crippen molar-refractivity contribution >= 4 is 11.7 Å². The van der Waals surface area contributed by atoms with Crippen molar-refractivity contribution in [3.05, 3.63) is 48.0 Å². The first-order valence-corrected chi connectivity index (χ1v) is 12.1. The molecule has 0 saturated carbocycles. The zero-order chi connectivity index (χ0) is 23.9. The summed E-state index contributed by atoms with van der Waals surface area (Å²) in [5.41, 5.74) is 1.70. The van der Waals surface area contributed by atoms with E-state index < -0.39 is 0 Å². The number of rotatable bonds is 15. The van der Waals surface area contributed by atoms with Gasteiger partial charge in [0.1, 0.15) is 17.2 Å². The molecule has 2 aromatic rings. The minimum atomic E-state index is -0.141. The number of carbonyl (C=O) groups excluding carboxylic acids is 1. The molecule has 6 heteroatoms. The van der Waals surface area contributed by atoms with E-state index in [1.54, 1.807) is 26.4 Å². The van der Waals surface area contributed by atoms with Gasteiger partial charge < -0.3 is 24.4 Å². The molecule has 0 radical (unpaired) electrons. The number of hydrogen-bond acceptors (Lipinski definition) is 4.